The predicted molar refractivity (Wildman–Crippen MR) is 117 cm³/mol. The van der Waals surface area contributed by atoms with Crippen molar-refractivity contribution in [3.05, 3.63) is 36.5 Å². The lowest BCUT2D eigenvalue weighted by Gasteiger charge is -2.14. The molecule has 2 aromatic carbocycles. The van der Waals surface area contributed by atoms with E-state index in [-0.39, 0.29) is 0 Å². The summed E-state index contributed by atoms with van der Waals surface area (Å²) in [6, 6.07) is 9.44. The summed E-state index contributed by atoms with van der Waals surface area (Å²) in [6.45, 7) is 2.50. The third kappa shape index (κ3) is 3.17. The van der Waals surface area contributed by atoms with Gasteiger partial charge in [-0.1, -0.05) is 0 Å². The van der Waals surface area contributed by atoms with Crippen LogP contribution in [0.3, 0.4) is 0 Å². The van der Waals surface area contributed by atoms with Gasteiger partial charge < -0.3 is 27.9 Å². The van der Waals surface area contributed by atoms with Crippen LogP contribution in [0.1, 0.15) is 12.7 Å². The fraction of sp³-hybridized carbons (Fsp3) is 0.261. The van der Waals surface area contributed by atoms with E-state index in [2.05, 4.69) is 16.0 Å². The maximum atomic E-state index is 9.58. The molecule has 0 saturated heterocycles. The summed E-state index contributed by atoms with van der Waals surface area (Å²) in [6.07, 6.45) is 1.38. The number of hydrogen-bond donors (Lipinski definition) is 0. The number of aryl methyl sites for hydroxylation is 1. The molecule has 0 N–H and O–H groups in total. The lowest BCUT2D eigenvalue weighted by atomic mass is 10.0. The van der Waals surface area contributed by atoms with Crippen molar-refractivity contribution in [2.75, 3.05) is 28.4 Å². The van der Waals surface area contributed by atoms with E-state index in [0.29, 0.717) is 52.3 Å². The zero-order valence-electron chi connectivity index (χ0n) is 18.4. The van der Waals surface area contributed by atoms with Gasteiger partial charge >= 0.3 is 0 Å². The predicted octanol–water partition coefficient (Wildman–Crippen LogP) is 4.28. The van der Waals surface area contributed by atoms with Crippen LogP contribution in [0.5, 0.6) is 23.0 Å². The molecule has 0 aliphatic rings. The quantitative estimate of drug-likeness (QED) is 0.424. The van der Waals surface area contributed by atoms with Crippen LogP contribution in [0.2, 0.25) is 0 Å². The van der Waals surface area contributed by atoms with Crippen LogP contribution in [0.15, 0.2) is 35.1 Å². The van der Waals surface area contributed by atoms with Crippen LogP contribution in [0, 0.1) is 11.3 Å². The average Bonchev–Trinajstić information content (AvgIpc) is 3.47. The Hall–Kier alpha value is -4.19. The van der Waals surface area contributed by atoms with Gasteiger partial charge in [-0.15, -0.1) is 0 Å². The molecule has 0 radical (unpaired) electrons. The Morgan fingerprint density at radius 1 is 1.00 bits per heavy atom. The maximum Gasteiger partial charge on any atom is 0.213 e. The minimum absolute atomic E-state index is 0.294. The molecular weight excluding hydrogens is 412 g/mol. The van der Waals surface area contributed by atoms with E-state index in [9.17, 15) is 5.26 Å². The molecule has 9 heteroatoms. The number of rotatable bonds is 7. The third-order valence-corrected chi connectivity index (χ3v) is 5.24. The first-order chi connectivity index (χ1) is 15.6. The van der Waals surface area contributed by atoms with Crippen LogP contribution in [0.4, 0.5) is 0 Å². The first-order valence-electron chi connectivity index (χ1n) is 9.83. The first-order valence-corrected chi connectivity index (χ1v) is 9.83. The first kappa shape index (κ1) is 21.1. The second-order valence-corrected chi connectivity index (χ2v) is 6.75. The van der Waals surface area contributed by atoms with Crippen LogP contribution in [-0.4, -0.2) is 43.0 Å². The van der Waals surface area contributed by atoms with Gasteiger partial charge in [-0.25, -0.2) is 9.97 Å². The van der Waals surface area contributed by atoms with Gasteiger partial charge in [-0.05, 0) is 31.2 Å². The molecule has 0 saturated carbocycles. The molecule has 32 heavy (non-hydrogen) atoms. The summed E-state index contributed by atoms with van der Waals surface area (Å²) in [5, 5.41) is 9.58. The Morgan fingerprint density at radius 2 is 1.69 bits per heavy atom. The molecule has 2 aromatic heterocycles. The van der Waals surface area contributed by atoms with E-state index in [1.54, 1.807) is 46.6 Å². The van der Waals surface area contributed by atoms with Gasteiger partial charge in [0.15, 0.2) is 23.7 Å². The lowest BCUT2D eigenvalue weighted by molar-refractivity contribution is 0.324. The zero-order chi connectivity index (χ0) is 22.8. The monoisotopic (exact) mass is 434 g/mol. The molecule has 0 atom stereocenters. The highest BCUT2D eigenvalue weighted by atomic mass is 16.5. The Morgan fingerprint density at radius 3 is 2.25 bits per heavy atom. The van der Waals surface area contributed by atoms with Crippen molar-refractivity contribution < 1.29 is 23.4 Å². The van der Waals surface area contributed by atoms with Gasteiger partial charge in [-0.3, -0.25) is 0 Å². The number of imidazole rings is 1. The Labute approximate surface area is 184 Å². The summed E-state index contributed by atoms with van der Waals surface area (Å²) in [5.41, 5.74) is 3.34. The van der Waals surface area contributed by atoms with Crippen molar-refractivity contribution >= 4 is 11.0 Å². The van der Waals surface area contributed by atoms with Crippen LogP contribution in [0.25, 0.3) is 33.6 Å². The van der Waals surface area contributed by atoms with Crippen LogP contribution in [-0.2, 0) is 6.54 Å². The standard InChI is InChI=1S/C23H22N4O5/c1-6-27-18(11-24)26-20-15(28-2)8-7-14(21(20)27)22-19(25-12-32-22)13-9-16(29-3)23(31-5)17(10-13)30-4/h7-10,12H,6H2,1-5H3. The SMILES string of the molecule is CCn1c(C#N)nc2c(OC)ccc(-c3ocnc3-c3cc(OC)c(OC)c(OC)c3)c21. The molecule has 0 aliphatic heterocycles. The second-order valence-electron chi connectivity index (χ2n) is 6.75. The van der Waals surface area contributed by atoms with Crippen molar-refractivity contribution in [3.8, 4) is 51.6 Å². The molecule has 0 amide bonds. The van der Waals surface area contributed by atoms with E-state index in [0.717, 1.165) is 16.6 Å². The summed E-state index contributed by atoms with van der Waals surface area (Å²) < 4.78 is 29.6. The lowest BCUT2D eigenvalue weighted by Crippen LogP contribution is -1.99. The van der Waals surface area contributed by atoms with Gasteiger partial charge in [0.2, 0.25) is 11.6 Å². The minimum Gasteiger partial charge on any atom is -0.494 e. The number of aromatic nitrogens is 3. The van der Waals surface area contributed by atoms with Gasteiger partial charge in [-0.2, -0.15) is 5.26 Å². The van der Waals surface area contributed by atoms with Crippen LogP contribution >= 0.6 is 0 Å². The number of ether oxygens (including phenoxy) is 4. The highest BCUT2D eigenvalue weighted by Crippen LogP contribution is 2.44. The molecule has 0 fully saturated rings. The number of methoxy groups -OCH3 is 4. The molecule has 0 spiro atoms. The molecule has 0 unspecified atom stereocenters. The van der Waals surface area contributed by atoms with Gasteiger partial charge in [0.05, 0.1) is 34.0 Å². The second kappa shape index (κ2) is 8.51. The zero-order valence-corrected chi connectivity index (χ0v) is 18.4. The topological polar surface area (TPSA) is 105 Å². The van der Waals surface area contributed by atoms with Crippen LogP contribution < -0.4 is 18.9 Å². The molecule has 164 valence electrons. The summed E-state index contributed by atoms with van der Waals surface area (Å²) >= 11 is 0. The van der Waals surface area contributed by atoms with Crippen molar-refractivity contribution in [2.45, 2.75) is 13.5 Å². The van der Waals surface area contributed by atoms with E-state index >= 15 is 0 Å². The van der Waals surface area contributed by atoms with E-state index in [4.69, 9.17) is 23.4 Å². The fourth-order valence-corrected chi connectivity index (χ4v) is 3.82. The Balaban J connectivity index is 2.00. The van der Waals surface area contributed by atoms with Gasteiger partial charge in [0.1, 0.15) is 23.0 Å². The molecule has 4 aromatic rings. The van der Waals surface area contributed by atoms with Gasteiger partial charge in [0, 0.05) is 17.7 Å². The fourth-order valence-electron chi connectivity index (χ4n) is 3.82. The van der Waals surface area contributed by atoms with E-state index < -0.39 is 0 Å². The largest absolute Gasteiger partial charge is 0.494 e. The minimum atomic E-state index is 0.294. The average molecular weight is 434 g/mol. The number of nitrogens with zero attached hydrogens (tertiary/aromatic N) is 4. The third-order valence-electron chi connectivity index (χ3n) is 5.24. The molecule has 0 bridgehead atoms. The molecule has 2 heterocycles. The Bertz CT molecular complexity index is 1310. The molecule has 0 aliphatic carbocycles. The number of fused-ring (bicyclic) bond motifs is 1. The van der Waals surface area contributed by atoms with Crippen molar-refractivity contribution in [3.63, 3.8) is 0 Å². The summed E-state index contributed by atoms with van der Waals surface area (Å²) in [4.78, 5) is 8.94. The Kier molecular flexibility index (Phi) is 5.60. The molecule has 4 rings (SSSR count). The van der Waals surface area contributed by atoms with E-state index in [1.165, 1.54) is 6.39 Å². The van der Waals surface area contributed by atoms with Crippen molar-refractivity contribution in [1.29, 1.82) is 5.26 Å². The summed E-state index contributed by atoms with van der Waals surface area (Å²) in [5.74, 6) is 2.87. The maximum absolute atomic E-state index is 9.58. The number of nitriles is 1. The van der Waals surface area contributed by atoms with E-state index in [1.807, 2.05) is 17.6 Å². The number of oxazole rings is 1. The molecular formula is C23H22N4O5. The smallest absolute Gasteiger partial charge is 0.213 e. The number of benzene rings is 2. The van der Waals surface area contributed by atoms with Crippen molar-refractivity contribution in [2.24, 2.45) is 0 Å². The highest BCUT2D eigenvalue weighted by molar-refractivity contribution is 5.98. The normalized spacial score (nSPS) is 10.8. The summed E-state index contributed by atoms with van der Waals surface area (Å²) in [7, 11) is 6.23. The van der Waals surface area contributed by atoms with Gasteiger partial charge in [0.25, 0.3) is 0 Å². The van der Waals surface area contributed by atoms with Crippen molar-refractivity contribution in [1.82, 2.24) is 14.5 Å². The number of hydrogen-bond acceptors (Lipinski definition) is 8. The molecule has 9 nitrogen and oxygen atoms in total. The highest BCUT2D eigenvalue weighted by Gasteiger charge is 2.24.